The molecular weight excluding hydrogens is 244 g/mol. The van der Waals surface area contributed by atoms with E-state index in [9.17, 15) is 4.79 Å². The number of carbonyl (C=O) groups is 1. The van der Waals surface area contributed by atoms with Crippen LogP contribution in [0.3, 0.4) is 0 Å². The number of halogens is 1. The standard InChI is InChI=1S/C12H9ClO2S/c1-7-6-10(12(14)15)16-11(7)8-2-4-9(13)5-3-8/h2-6H,1H3,(H,14,15). The Balaban J connectivity index is 2.47. The van der Waals surface area contributed by atoms with Crippen LogP contribution in [0.2, 0.25) is 5.02 Å². The van der Waals surface area contributed by atoms with Gasteiger partial charge in [-0.3, -0.25) is 0 Å². The van der Waals surface area contributed by atoms with Crippen LogP contribution < -0.4 is 0 Å². The molecule has 0 unspecified atom stereocenters. The first-order chi connectivity index (χ1) is 7.58. The lowest BCUT2D eigenvalue weighted by Crippen LogP contribution is -1.89. The number of rotatable bonds is 2. The van der Waals surface area contributed by atoms with E-state index < -0.39 is 5.97 Å². The summed E-state index contributed by atoms with van der Waals surface area (Å²) in [6, 6.07) is 9.09. The van der Waals surface area contributed by atoms with E-state index in [-0.39, 0.29) is 0 Å². The maximum absolute atomic E-state index is 10.8. The minimum Gasteiger partial charge on any atom is -0.477 e. The van der Waals surface area contributed by atoms with Crippen molar-refractivity contribution in [2.45, 2.75) is 6.92 Å². The number of hydrogen-bond donors (Lipinski definition) is 1. The molecule has 0 spiro atoms. The molecular formula is C12H9ClO2S. The molecule has 4 heteroatoms. The van der Waals surface area contributed by atoms with Crippen LogP contribution in [0, 0.1) is 6.92 Å². The molecule has 1 aromatic carbocycles. The Labute approximate surface area is 102 Å². The van der Waals surface area contributed by atoms with E-state index in [1.807, 2.05) is 19.1 Å². The molecule has 0 aliphatic carbocycles. The summed E-state index contributed by atoms with van der Waals surface area (Å²) in [4.78, 5) is 12.2. The van der Waals surface area contributed by atoms with Gasteiger partial charge in [0, 0.05) is 9.90 Å². The van der Waals surface area contributed by atoms with Gasteiger partial charge in [0.1, 0.15) is 4.88 Å². The summed E-state index contributed by atoms with van der Waals surface area (Å²) < 4.78 is 0. The number of carboxylic acids is 1. The van der Waals surface area contributed by atoms with Gasteiger partial charge in [0.2, 0.25) is 0 Å². The molecule has 82 valence electrons. The van der Waals surface area contributed by atoms with Gasteiger partial charge in [-0.2, -0.15) is 0 Å². The van der Waals surface area contributed by atoms with Gasteiger partial charge < -0.3 is 5.11 Å². The zero-order chi connectivity index (χ0) is 11.7. The fourth-order valence-electron chi connectivity index (χ4n) is 1.48. The lowest BCUT2D eigenvalue weighted by Gasteiger charge is -1.99. The minimum absolute atomic E-state index is 0.363. The van der Waals surface area contributed by atoms with Crippen LogP contribution in [-0.4, -0.2) is 11.1 Å². The molecule has 0 saturated carbocycles. The van der Waals surface area contributed by atoms with E-state index in [4.69, 9.17) is 16.7 Å². The van der Waals surface area contributed by atoms with Crippen molar-refractivity contribution >= 4 is 28.9 Å². The molecule has 0 fully saturated rings. The van der Waals surface area contributed by atoms with E-state index in [0.717, 1.165) is 16.0 Å². The van der Waals surface area contributed by atoms with Crippen LogP contribution in [0.5, 0.6) is 0 Å². The summed E-state index contributed by atoms with van der Waals surface area (Å²) in [5.74, 6) is -0.881. The number of aryl methyl sites for hydroxylation is 1. The third kappa shape index (κ3) is 2.10. The van der Waals surface area contributed by atoms with E-state index in [1.54, 1.807) is 18.2 Å². The Kier molecular flexibility index (Phi) is 2.99. The summed E-state index contributed by atoms with van der Waals surface area (Å²) in [6.07, 6.45) is 0. The quantitative estimate of drug-likeness (QED) is 0.875. The zero-order valence-corrected chi connectivity index (χ0v) is 10.1. The maximum atomic E-state index is 10.8. The first-order valence-electron chi connectivity index (χ1n) is 4.67. The van der Waals surface area contributed by atoms with Crippen molar-refractivity contribution in [2.24, 2.45) is 0 Å². The topological polar surface area (TPSA) is 37.3 Å². The van der Waals surface area contributed by atoms with Crippen molar-refractivity contribution in [3.05, 3.63) is 45.8 Å². The van der Waals surface area contributed by atoms with Gasteiger partial charge in [0.25, 0.3) is 0 Å². The van der Waals surface area contributed by atoms with Crippen LogP contribution in [0.4, 0.5) is 0 Å². The highest BCUT2D eigenvalue weighted by molar-refractivity contribution is 7.17. The van der Waals surface area contributed by atoms with Gasteiger partial charge in [-0.1, -0.05) is 23.7 Å². The highest BCUT2D eigenvalue weighted by atomic mass is 35.5. The molecule has 0 amide bonds. The van der Waals surface area contributed by atoms with Crippen molar-refractivity contribution in [2.75, 3.05) is 0 Å². The molecule has 0 aliphatic rings. The molecule has 2 aromatic rings. The van der Waals surface area contributed by atoms with Crippen LogP contribution >= 0.6 is 22.9 Å². The van der Waals surface area contributed by atoms with Gasteiger partial charge in [-0.15, -0.1) is 11.3 Å². The fourth-order valence-corrected chi connectivity index (χ4v) is 2.62. The normalized spacial score (nSPS) is 10.4. The Hall–Kier alpha value is -1.32. The number of carboxylic acid groups (broad SMARTS) is 1. The molecule has 1 aromatic heterocycles. The number of benzene rings is 1. The lowest BCUT2D eigenvalue weighted by molar-refractivity contribution is 0.0702. The fraction of sp³-hybridized carbons (Fsp3) is 0.0833. The number of hydrogen-bond acceptors (Lipinski definition) is 2. The second kappa shape index (κ2) is 4.28. The molecule has 2 nitrogen and oxygen atoms in total. The lowest BCUT2D eigenvalue weighted by atomic mass is 10.1. The van der Waals surface area contributed by atoms with Crippen molar-refractivity contribution < 1.29 is 9.90 Å². The monoisotopic (exact) mass is 252 g/mol. The van der Waals surface area contributed by atoms with Crippen LogP contribution in [0.15, 0.2) is 30.3 Å². The van der Waals surface area contributed by atoms with Crippen LogP contribution in [0.25, 0.3) is 10.4 Å². The Morgan fingerprint density at radius 2 is 1.94 bits per heavy atom. The van der Waals surface area contributed by atoms with Crippen molar-refractivity contribution in [3.63, 3.8) is 0 Å². The second-order valence-corrected chi connectivity index (χ2v) is 4.92. The average molecular weight is 253 g/mol. The number of aromatic carboxylic acids is 1. The van der Waals surface area contributed by atoms with E-state index in [2.05, 4.69) is 0 Å². The smallest absolute Gasteiger partial charge is 0.345 e. The molecule has 0 bridgehead atoms. The van der Waals surface area contributed by atoms with Gasteiger partial charge in [-0.25, -0.2) is 4.79 Å². The summed E-state index contributed by atoms with van der Waals surface area (Å²) >= 11 is 7.09. The molecule has 2 rings (SSSR count). The SMILES string of the molecule is Cc1cc(C(=O)O)sc1-c1ccc(Cl)cc1. The first-order valence-corrected chi connectivity index (χ1v) is 5.87. The first kappa shape index (κ1) is 11.2. The predicted molar refractivity (Wildman–Crippen MR) is 66.5 cm³/mol. The van der Waals surface area contributed by atoms with E-state index in [0.29, 0.717) is 9.90 Å². The van der Waals surface area contributed by atoms with Gasteiger partial charge in [0.15, 0.2) is 0 Å². The molecule has 0 atom stereocenters. The molecule has 0 saturated heterocycles. The maximum Gasteiger partial charge on any atom is 0.345 e. The molecule has 16 heavy (non-hydrogen) atoms. The third-order valence-electron chi connectivity index (χ3n) is 2.23. The van der Waals surface area contributed by atoms with Crippen LogP contribution in [-0.2, 0) is 0 Å². The van der Waals surface area contributed by atoms with E-state index >= 15 is 0 Å². The van der Waals surface area contributed by atoms with Gasteiger partial charge >= 0.3 is 5.97 Å². The largest absolute Gasteiger partial charge is 0.477 e. The summed E-state index contributed by atoms with van der Waals surface area (Å²) in [7, 11) is 0. The Bertz CT molecular complexity index is 528. The van der Waals surface area contributed by atoms with Crippen LogP contribution in [0.1, 0.15) is 15.2 Å². The Morgan fingerprint density at radius 3 is 2.44 bits per heavy atom. The predicted octanol–water partition coefficient (Wildman–Crippen LogP) is 4.08. The number of thiophene rings is 1. The average Bonchev–Trinajstić information content (AvgIpc) is 2.62. The molecule has 1 heterocycles. The van der Waals surface area contributed by atoms with Crippen molar-refractivity contribution in [3.8, 4) is 10.4 Å². The van der Waals surface area contributed by atoms with Crippen molar-refractivity contribution in [1.82, 2.24) is 0 Å². The zero-order valence-electron chi connectivity index (χ0n) is 8.53. The molecule has 0 radical (unpaired) electrons. The minimum atomic E-state index is -0.881. The van der Waals surface area contributed by atoms with E-state index in [1.165, 1.54) is 11.3 Å². The highest BCUT2D eigenvalue weighted by Crippen LogP contribution is 2.32. The second-order valence-electron chi connectivity index (χ2n) is 3.43. The highest BCUT2D eigenvalue weighted by Gasteiger charge is 2.12. The third-order valence-corrected chi connectivity index (χ3v) is 3.76. The molecule has 1 N–H and O–H groups in total. The van der Waals surface area contributed by atoms with Gasteiger partial charge in [-0.05, 0) is 36.2 Å². The van der Waals surface area contributed by atoms with Gasteiger partial charge in [0.05, 0.1) is 0 Å². The Morgan fingerprint density at radius 1 is 1.31 bits per heavy atom. The summed E-state index contributed by atoms with van der Waals surface area (Å²) in [5.41, 5.74) is 1.98. The van der Waals surface area contributed by atoms with Crippen molar-refractivity contribution in [1.29, 1.82) is 0 Å². The summed E-state index contributed by atoms with van der Waals surface area (Å²) in [6.45, 7) is 1.91. The molecule has 0 aliphatic heterocycles. The summed E-state index contributed by atoms with van der Waals surface area (Å²) in [5, 5.41) is 9.58.